The van der Waals surface area contributed by atoms with E-state index in [0.717, 1.165) is 65.4 Å². The van der Waals surface area contributed by atoms with Gasteiger partial charge in [-0.2, -0.15) is 0 Å². The van der Waals surface area contributed by atoms with Gasteiger partial charge in [-0.05, 0) is 191 Å². The van der Waals surface area contributed by atoms with Gasteiger partial charge in [0.05, 0.1) is 16.7 Å². The highest BCUT2D eigenvalue weighted by Crippen LogP contribution is 2.59. The van der Waals surface area contributed by atoms with Crippen molar-refractivity contribution < 1.29 is 57.5 Å². The van der Waals surface area contributed by atoms with Crippen molar-refractivity contribution in [1.29, 1.82) is 0 Å². The van der Waals surface area contributed by atoms with Crippen LogP contribution in [0, 0.1) is 13.8 Å². The maximum Gasteiger partial charge on any atom is 0.335 e. The molecule has 2 aliphatic heterocycles. The third-order valence-corrected chi connectivity index (χ3v) is 21.9. The molecule has 0 bridgehead atoms. The zero-order valence-electron chi connectivity index (χ0n) is 63.7. The lowest BCUT2D eigenvalue weighted by Crippen LogP contribution is -2.52. The molecule has 0 spiro atoms. The Morgan fingerprint density at radius 1 is 0.322 bits per heavy atom. The van der Waals surface area contributed by atoms with Crippen LogP contribution in [-0.4, -0.2) is 66.6 Å². The van der Waals surface area contributed by atoms with Gasteiger partial charge in [0.25, 0.3) is 17.7 Å². The van der Waals surface area contributed by atoms with E-state index >= 15 is 24.0 Å². The number of aliphatic hydroxyl groups excluding tert-OH is 1. The van der Waals surface area contributed by atoms with E-state index in [1.165, 1.54) is 0 Å². The zero-order valence-corrected chi connectivity index (χ0v) is 63.7. The van der Waals surface area contributed by atoms with E-state index in [1.54, 1.807) is 110 Å². The molecule has 16 heteroatoms. The predicted molar refractivity (Wildman–Crippen MR) is 454 cm³/mol. The van der Waals surface area contributed by atoms with Crippen molar-refractivity contribution in [2.24, 2.45) is 0 Å². The van der Waals surface area contributed by atoms with Crippen molar-refractivity contribution in [2.45, 2.75) is 45.0 Å². The van der Waals surface area contributed by atoms with Crippen LogP contribution in [0.25, 0.3) is 87.6 Å². The summed E-state index contributed by atoms with van der Waals surface area (Å²) in [5.74, 6) is -2.27. The van der Waals surface area contributed by atoms with Crippen molar-refractivity contribution in [1.82, 2.24) is 19.8 Å². The van der Waals surface area contributed by atoms with Crippen molar-refractivity contribution in [2.75, 3.05) is 0 Å². The number of ether oxygens (including phenoxy) is 6. The summed E-state index contributed by atoms with van der Waals surface area (Å²) in [7, 11) is 0. The van der Waals surface area contributed by atoms with Crippen LogP contribution in [0.2, 0.25) is 0 Å². The molecular formula is C102H70N4O12. The summed E-state index contributed by atoms with van der Waals surface area (Å²) in [4.78, 5) is 92.1. The molecule has 0 saturated heterocycles. The second-order valence-electron chi connectivity index (χ2n) is 29.4. The summed E-state index contributed by atoms with van der Waals surface area (Å²) in [6.07, 6.45) is 4.07. The Labute approximate surface area is 677 Å². The number of fused-ring (bicyclic) bond motifs is 2. The first-order chi connectivity index (χ1) is 57.8. The number of carbonyl (C=O) groups is 5. The summed E-state index contributed by atoms with van der Waals surface area (Å²) in [5, 5.41) is 15.9. The lowest BCUT2D eigenvalue weighted by atomic mass is 9.80. The van der Waals surface area contributed by atoms with Crippen LogP contribution >= 0.6 is 0 Å². The number of esters is 2. The van der Waals surface area contributed by atoms with Crippen LogP contribution in [0.4, 0.5) is 0 Å². The summed E-state index contributed by atoms with van der Waals surface area (Å²) in [6, 6.07) is 93.6. The van der Waals surface area contributed by atoms with Crippen molar-refractivity contribution in [3.05, 3.63) is 385 Å². The molecule has 3 amide bonds. The number of pyridine rings is 2. The SMILES string of the molecule is Cc1ccc(OC(=O)C(Cc2ccncc2)N2C(=O)c3cc(Oc4ccc(-c5ccccc5)cc4)c4c5c(Oc6ccc(-c7ccccc7)cc6)cc6c7c(cc(Oc8ccc(-c9ccccc9)cc8)c(c8c(Oc9ccc(-c%10ccccc%10)cc9)cc(c3c48)C2=O)c75)C(O)N(C(Cc2ccncc2)C(=O)Oc2ccc(C)cc2)C6=O)cc1. The number of benzene rings is 15. The van der Waals surface area contributed by atoms with Gasteiger partial charge in [0.2, 0.25) is 0 Å². The molecule has 0 aliphatic carbocycles. The van der Waals surface area contributed by atoms with E-state index in [4.69, 9.17) is 28.4 Å². The first-order valence-corrected chi connectivity index (χ1v) is 38.7. The summed E-state index contributed by atoms with van der Waals surface area (Å²) in [6.45, 7) is 3.82. The van der Waals surface area contributed by atoms with Crippen molar-refractivity contribution in [3.8, 4) is 102 Å². The maximum atomic E-state index is 16.9. The van der Waals surface area contributed by atoms with Crippen molar-refractivity contribution >= 4 is 72.7 Å². The summed E-state index contributed by atoms with van der Waals surface area (Å²) >= 11 is 0. The smallest absolute Gasteiger partial charge is 0.335 e. The van der Waals surface area contributed by atoms with Crippen LogP contribution in [-0.2, 0) is 22.4 Å². The second-order valence-corrected chi connectivity index (χ2v) is 29.4. The van der Waals surface area contributed by atoms with Gasteiger partial charge in [-0.3, -0.25) is 34.2 Å². The number of aliphatic hydroxyl groups is 1. The average Bonchev–Trinajstić information content (AvgIpc) is 0.669. The number of hydrogen-bond acceptors (Lipinski definition) is 14. The first kappa shape index (κ1) is 72.8. The molecule has 0 radical (unpaired) electrons. The number of hydrogen-bond donors (Lipinski definition) is 1. The normalized spacial score (nSPS) is 13.6. The third kappa shape index (κ3) is 13.8. The molecule has 3 atom stereocenters. The molecule has 19 rings (SSSR count). The maximum absolute atomic E-state index is 16.9. The molecule has 2 aliphatic rings. The Bertz CT molecular complexity index is 6550. The topological polar surface area (TPSA) is 193 Å². The number of imide groups is 1. The zero-order chi connectivity index (χ0) is 80.1. The van der Waals surface area contributed by atoms with Gasteiger partial charge in [-0.1, -0.05) is 205 Å². The molecule has 1 N–H and O–H groups in total. The lowest BCUT2D eigenvalue weighted by Gasteiger charge is -2.39. The number of nitrogens with zero attached hydrogens (tertiary/aromatic N) is 4. The molecule has 4 heterocycles. The minimum absolute atomic E-state index is 0.00332. The lowest BCUT2D eigenvalue weighted by molar-refractivity contribution is -0.143. The molecule has 15 aromatic carbocycles. The highest BCUT2D eigenvalue weighted by atomic mass is 16.5. The predicted octanol–water partition coefficient (Wildman–Crippen LogP) is 22.5. The van der Waals surface area contributed by atoms with E-state index in [9.17, 15) is 5.11 Å². The minimum Gasteiger partial charge on any atom is -0.457 e. The van der Waals surface area contributed by atoms with Crippen LogP contribution in [0.5, 0.6) is 57.5 Å². The molecule has 118 heavy (non-hydrogen) atoms. The summed E-state index contributed by atoms with van der Waals surface area (Å²) in [5.41, 5.74) is 10.4. The molecule has 0 saturated carbocycles. The fourth-order valence-electron chi connectivity index (χ4n) is 16.1. The Hall–Kier alpha value is -15.4. The van der Waals surface area contributed by atoms with E-state index in [0.29, 0.717) is 34.1 Å². The second kappa shape index (κ2) is 30.8. The Kier molecular flexibility index (Phi) is 19.0. The van der Waals surface area contributed by atoms with Gasteiger partial charge in [-0.25, -0.2) is 9.59 Å². The monoisotopic (exact) mass is 1540 g/mol. The highest BCUT2D eigenvalue weighted by Gasteiger charge is 2.47. The van der Waals surface area contributed by atoms with Gasteiger partial charge in [-0.15, -0.1) is 0 Å². The van der Waals surface area contributed by atoms with E-state index in [1.807, 2.05) is 244 Å². The van der Waals surface area contributed by atoms with Crippen LogP contribution in [0.15, 0.2) is 340 Å². The van der Waals surface area contributed by atoms with Crippen molar-refractivity contribution in [3.63, 3.8) is 0 Å². The van der Waals surface area contributed by atoms with Gasteiger partial charge in [0, 0.05) is 86.3 Å². The number of aromatic nitrogens is 2. The van der Waals surface area contributed by atoms with E-state index in [2.05, 4.69) is 9.97 Å². The molecule has 16 nitrogen and oxygen atoms in total. The molecule has 2 aromatic heterocycles. The number of aryl methyl sites for hydroxylation is 2. The molecular weight excluding hydrogens is 1470 g/mol. The van der Waals surface area contributed by atoms with Crippen LogP contribution < -0.4 is 28.4 Å². The molecule has 0 fully saturated rings. The third-order valence-electron chi connectivity index (χ3n) is 21.9. The molecule has 17 aromatic rings. The van der Waals surface area contributed by atoms with Crippen LogP contribution in [0.3, 0.4) is 0 Å². The largest absolute Gasteiger partial charge is 0.457 e. The number of rotatable bonds is 22. The highest BCUT2D eigenvalue weighted by molar-refractivity contribution is 6.43. The number of amides is 3. The first-order valence-electron chi connectivity index (χ1n) is 38.7. The average molecular weight is 1540 g/mol. The molecule has 3 unspecified atom stereocenters. The van der Waals surface area contributed by atoms with Crippen LogP contribution in [0.1, 0.15) is 65.1 Å². The Morgan fingerprint density at radius 2 is 0.610 bits per heavy atom. The fourth-order valence-corrected chi connectivity index (χ4v) is 16.1. The standard InChI is InChI=1S/C102H70N4O12/c1-61-23-35-77(36-24-61)117-101(111)83(55-63-47-51-103-52-48-63)105-97(107)79-57-85(113-73-39-27-69(28-40-73)65-15-7-3-8-16-65)91-93-87(115-75-43-31-71(32-44-75)67-19-11-5-12-20-67)59-81-90-82(100(110)106(99(81)109)84(56-64-49-53-104-54-50-64)102(112)118-78-37-25-62(2)26-38-78)60-88(116-76-45-33-72(34-46-76)68-21-13-6-14-22-68)94(96(90)93)92-86(58-80(98(105)108)89(79)95(91)92)114-74-41-29-70(30-42-74)66-17-9-4-10-18-66/h3-54,57-60,83-84,97,107H,55-56H2,1-2H3. The summed E-state index contributed by atoms with van der Waals surface area (Å²) < 4.78 is 42.4. The van der Waals surface area contributed by atoms with E-state index < -0.39 is 48.0 Å². The van der Waals surface area contributed by atoms with Gasteiger partial charge >= 0.3 is 11.9 Å². The van der Waals surface area contributed by atoms with Gasteiger partial charge in [0.1, 0.15) is 69.6 Å². The van der Waals surface area contributed by atoms with Gasteiger partial charge < -0.3 is 33.5 Å². The molecule has 570 valence electrons. The number of carbonyl (C=O) groups excluding carboxylic acids is 5. The van der Waals surface area contributed by atoms with Gasteiger partial charge in [0.15, 0.2) is 6.23 Å². The minimum atomic E-state index is -1.92. The quantitative estimate of drug-likeness (QED) is 0.0221. The Morgan fingerprint density at radius 3 is 0.958 bits per heavy atom. The Balaban J connectivity index is 0.932. The fraction of sp³-hybridized carbons (Fsp3) is 0.0686. The van der Waals surface area contributed by atoms with E-state index in [-0.39, 0.29) is 113 Å².